The lowest BCUT2D eigenvalue weighted by Gasteiger charge is -2.12. The standard InChI is InChI=1S/C14H17N3O2.ClH/c1-9-7-14(16-10(2)15-9)17-12-6-5-11(18-3)8-13(12)19-4;/h5-8H,1-4H3,(H,15,16,17);1H. The van der Waals surface area contributed by atoms with E-state index in [0.29, 0.717) is 5.75 Å². The van der Waals surface area contributed by atoms with Crippen molar-refractivity contribution in [2.24, 2.45) is 0 Å². The number of rotatable bonds is 4. The first-order chi connectivity index (χ1) is 9.12. The summed E-state index contributed by atoms with van der Waals surface area (Å²) in [5.74, 6) is 2.93. The first-order valence-electron chi connectivity index (χ1n) is 5.93. The van der Waals surface area contributed by atoms with Crippen LogP contribution in [0.15, 0.2) is 24.3 Å². The summed E-state index contributed by atoms with van der Waals surface area (Å²) in [6.45, 7) is 3.80. The van der Waals surface area contributed by atoms with Gasteiger partial charge in [-0.05, 0) is 26.0 Å². The highest BCUT2D eigenvalue weighted by Gasteiger charge is 2.06. The van der Waals surface area contributed by atoms with E-state index in [1.807, 2.05) is 38.1 Å². The molecule has 0 saturated heterocycles. The highest BCUT2D eigenvalue weighted by atomic mass is 35.5. The molecule has 1 N–H and O–H groups in total. The minimum Gasteiger partial charge on any atom is -0.497 e. The Hall–Kier alpha value is -2.01. The van der Waals surface area contributed by atoms with Crippen molar-refractivity contribution >= 4 is 23.9 Å². The van der Waals surface area contributed by atoms with E-state index in [1.165, 1.54) is 0 Å². The molecule has 0 aliphatic carbocycles. The molecule has 2 rings (SSSR count). The molecule has 6 heteroatoms. The van der Waals surface area contributed by atoms with Crippen molar-refractivity contribution in [1.82, 2.24) is 9.97 Å². The smallest absolute Gasteiger partial charge is 0.146 e. The lowest BCUT2D eigenvalue weighted by Crippen LogP contribution is -2.00. The van der Waals surface area contributed by atoms with Crippen LogP contribution < -0.4 is 14.8 Å². The van der Waals surface area contributed by atoms with Crippen LogP contribution in [0.1, 0.15) is 11.5 Å². The van der Waals surface area contributed by atoms with Crippen LogP contribution in [0, 0.1) is 13.8 Å². The number of halogens is 1. The molecule has 0 amide bonds. The third-order valence-electron chi connectivity index (χ3n) is 2.64. The van der Waals surface area contributed by atoms with Crippen LogP contribution in [0.2, 0.25) is 0 Å². The molecule has 1 aromatic carbocycles. The fourth-order valence-corrected chi connectivity index (χ4v) is 1.82. The van der Waals surface area contributed by atoms with Gasteiger partial charge in [0.15, 0.2) is 0 Å². The predicted molar refractivity (Wildman–Crippen MR) is 81.6 cm³/mol. The summed E-state index contributed by atoms with van der Waals surface area (Å²) in [7, 11) is 3.25. The molecule has 0 aliphatic rings. The molecule has 2 aromatic rings. The van der Waals surface area contributed by atoms with Crippen LogP contribution in [0.4, 0.5) is 11.5 Å². The molecule has 0 spiro atoms. The Balaban J connectivity index is 0.00000200. The SMILES string of the molecule is COc1ccc(Nc2cc(C)nc(C)n2)c(OC)c1.Cl. The fraction of sp³-hybridized carbons (Fsp3) is 0.286. The van der Waals surface area contributed by atoms with Crippen LogP contribution in [-0.2, 0) is 0 Å². The second-order valence-corrected chi connectivity index (χ2v) is 4.13. The quantitative estimate of drug-likeness (QED) is 0.938. The zero-order valence-corrected chi connectivity index (χ0v) is 12.7. The minimum absolute atomic E-state index is 0. The summed E-state index contributed by atoms with van der Waals surface area (Å²) in [5, 5.41) is 3.22. The fourth-order valence-electron chi connectivity index (χ4n) is 1.82. The van der Waals surface area contributed by atoms with Crippen molar-refractivity contribution in [3.05, 3.63) is 35.8 Å². The molecule has 1 aromatic heterocycles. The second-order valence-electron chi connectivity index (χ2n) is 4.13. The monoisotopic (exact) mass is 295 g/mol. The van der Waals surface area contributed by atoms with Gasteiger partial charge in [-0.3, -0.25) is 0 Å². The number of benzene rings is 1. The van der Waals surface area contributed by atoms with Gasteiger partial charge < -0.3 is 14.8 Å². The number of hydrogen-bond acceptors (Lipinski definition) is 5. The van der Waals surface area contributed by atoms with Gasteiger partial charge in [-0.25, -0.2) is 9.97 Å². The average Bonchev–Trinajstić information content (AvgIpc) is 2.38. The van der Waals surface area contributed by atoms with Crippen molar-refractivity contribution in [2.45, 2.75) is 13.8 Å². The molecule has 1 heterocycles. The molecule has 0 aliphatic heterocycles. The third kappa shape index (κ3) is 3.74. The van der Waals surface area contributed by atoms with Gasteiger partial charge >= 0.3 is 0 Å². The Bertz CT molecular complexity index is 570. The van der Waals surface area contributed by atoms with Gasteiger partial charge in [-0.1, -0.05) is 0 Å². The summed E-state index contributed by atoms with van der Waals surface area (Å²) in [6.07, 6.45) is 0. The normalized spacial score (nSPS) is 9.60. The Morgan fingerprint density at radius 2 is 1.75 bits per heavy atom. The number of aromatic nitrogens is 2. The third-order valence-corrected chi connectivity index (χ3v) is 2.64. The molecule has 0 radical (unpaired) electrons. The molecule has 108 valence electrons. The summed E-state index contributed by atoms with van der Waals surface area (Å²) in [4.78, 5) is 8.58. The maximum Gasteiger partial charge on any atom is 0.146 e. The van der Waals surface area contributed by atoms with Gasteiger partial charge in [0, 0.05) is 17.8 Å². The van der Waals surface area contributed by atoms with E-state index in [2.05, 4.69) is 15.3 Å². The molecule has 0 bridgehead atoms. The van der Waals surface area contributed by atoms with Crippen LogP contribution in [0.5, 0.6) is 11.5 Å². The second kappa shape index (κ2) is 6.96. The van der Waals surface area contributed by atoms with Gasteiger partial charge in [0.1, 0.15) is 23.1 Å². The van der Waals surface area contributed by atoms with Crippen molar-refractivity contribution in [1.29, 1.82) is 0 Å². The first kappa shape index (κ1) is 16.0. The highest BCUT2D eigenvalue weighted by molar-refractivity contribution is 5.85. The molecule has 0 fully saturated rings. The molecule has 0 atom stereocenters. The van der Waals surface area contributed by atoms with Crippen molar-refractivity contribution in [3.63, 3.8) is 0 Å². The van der Waals surface area contributed by atoms with Gasteiger partial charge in [0.2, 0.25) is 0 Å². The van der Waals surface area contributed by atoms with Crippen LogP contribution >= 0.6 is 12.4 Å². The Morgan fingerprint density at radius 1 is 1.00 bits per heavy atom. The number of aryl methyl sites for hydroxylation is 2. The number of methoxy groups -OCH3 is 2. The Morgan fingerprint density at radius 3 is 2.35 bits per heavy atom. The summed E-state index contributed by atoms with van der Waals surface area (Å²) in [5.41, 5.74) is 1.75. The maximum atomic E-state index is 5.33. The van der Waals surface area contributed by atoms with E-state index in [0.717, 1.165) is 28.8 Å². The van der Waals surface area contributed by atoms with E-state index >= 15 is 0 Å². The van der Waals surface area contributed by atoms with Gasteiger partial charge in [0.25, 0.3) is 0 Å². The number of nitrogens with one attached hydrogen (secondary N) is 1. The Kier molecular flexibility index (Phi) is 5.58. The Labute approximate surface area is 124 Å². The molecule has 0 saturated carbocycles. The first-order valence-corrected chi connectivity index (χ1v) is 5.93. The van der Waals surface area contributed by atoms with E-state index in [9.17, 15) is 0 Å². The summed E-state index contributed by atoms with van der Waals surface area (Å²) in [6, 6.07) is 7.47. The predicted octanol–water partition coefficient (Wildman–Crippen LogP) is 3.28. The van der Waals surface area contributed by atoms with Crippen molar-refractivity contribution in [3.8, 4) is 11.5 Å². The number of anilines is 2. The van der Waals surface area contributed by atoms with E-state index in [-0.39, 0.29) is 12.4 Å². The number of hydrogen-bond donors (Lipinski definition) is 1. The van der Waals surface area contributed by atoms with Crippen molar-refractivity contribution < 1.29 is 9.47 Å². The largest absolute Gasteiger partial charge is 0.497 e. The topological polar surface area (TPSA) is 56.3 Å². The van der Waals surface area contributed by atoms with Gasteiger partial charge in [-0.15, -0.1) is 12.4 Å². The van der Waals surface area contributed by atoms with E-state index < -0.39 is 0 Å². The minimum atomic E-state index is 0. The maximum absolute atomic E-state index is 5.33. The molecule has 20 heavy (non-hydrogen) atoms. The van der Waals surface area contributed by atoms with Crippen molar-refractivity contribution in [2.75, 3.05) is 19.5 Å². The van der Waals surface area contributed by atoms with Crippen LogP contribution in [0.3, 0.4) is 0 Å². The van der Waals surface area contributed by atoms with E-state index in [4.69, 9.17) is 9.47 Å². The van der Waals surface area contributed by atoms with E-state index in [1.54, 1.807) is 14.2 Å². The van der Waals surface area contributed by atoms with Crippen LogP contribution in [-0.4, -0.2) is 24.2 Å². The van der Waals surface area contributed by atoms with Gasteiger partial charge in [-0.2, -0.15) is 0 Å². The summed E-state index contributed by atoms with van der Waals surface area (Å²) >= 11 is 0. The lowest BCUT2D eigenvalue weighted by molar-refractivity contribution is 0.395. The zero-order valence-electron chi connectivity index (χ0n) is 11.9. The average molecular weight is 296 g/mol. The molecular weight excluding hydrogens is 278 g/mol. The molecular formula is C14H18ClN3O2. The zero-order chi connectivity index (χ0) is 13.8. The van der Waals surface area contributed by atoms with Gasteiger partial charge in [0.05, 0.1) is 19.9 Å². The molecule has 5 nitrogen and oxygen atoms in total. The summed E-state index contributed by atoms with van der Waals surface area (Å²) < 4.78 is 10.5. The number of ether oxygens (including phenoxy) is 2. The van der Waals surface area contributed by atoms with Crippen LogP contribution in [0.25, 0.3) is 0 Å². The lowest BCUT2D eigenvalue weighted by atomic mass is 10.2. The molecule has 0 unspecified atom stereocenters. The highest BCUT2D eigenvalue weighted by Crippen LogP contribution is 2.31. The number of nitrogens with zero attached hydrogens (tertiary/aromatic N) is 2.